The summed E-state index contributed by atoms with van der Waals surface area (Å²) in [6.07, 6.45) is 0. The van der Waals surface area contributed by atoms with Gasteiger partial charge in [-0.3, -0.25) is 0 Å². The van der Waals surface area contributed by atoms with Crippen LogP contribution >= 0.6 is 0 Å². The van der Waals surface area contributed by atoms with Crippen LogP contribution in [0, 0.1) is 0 Å². The highest BCUT2D eigenvalue weighted by Crippen LogP contribution is 2.41. The Morgan fingerprint density at radius 1 is 0.293 bits per heavy atom. The number of aromatic nitrogens is 4. The zero-order valence-corrected chi connectivity index (χ0v) is 31.4. The minimum atomic E-state index is 0.682. The van der Waals surface area contributed by atoms with Crippen molar-refractivity contribution >= 4 is 65.2 Å². The number of nitrogens with zero attached hydrogens (tertiary/aromatic N) is 4. The molecule has 0 N–H and O–H groups in total. The van der Waals surface area contributed by atoms with Gasteiger partial charge >= 0.3 is 0 Å². The quantitative estimate of drug-likeness (QED) is 0.176. The first-order chi connectivity index (χ1) is 28.8. The van der Waals surface area contributed by atoms with E-state index in [1.165, 1.54) is 59.6 Å². The average molecular weight is 739 g/mol. The van der Waals surface area contributed by atoms with Crippen LogP contribution in [-0.4, -0.2) is 19.1 Å². The molecule has 0 radical (unpaired) electrons. The van der Waals surface area contributed by atoms with Gasteiger partial charge in [0.05, 0.1) is 33.5 Å². The van der Waals surface area contributed by atoms with Crippen molar-refractivity contribution in [3.8, 4) is 45.3 Å². The number of rotatable bonds is 5. The fourth-order valence-corrected chi connectivity index (χ4v) is 9.08. The summed E-state index contributed by atoms with van der Waals surface area (Å²) >= 11 is 0. The zero-order valence-electron chi connectivity index (χ0n) is 31.4. The minimum Gasteiger partial charge on any atom is -0.309 e. The van der Waals surface area contributed by atoms with Crippen molar-refractivity contribution in [2.24, 2.45) is 0 Å². The van der Waals surface area contributed by atoms with Gasteiger partial charge in [-0.2, -0.15) is 0 Å². The molecule has 0 amide bonds. The molecule has 270 valence electrons. The van der Waals surface area contributed by atoms with Gasteiger partial charge in [-0.1, -0.05) is 146 Å². The lowest BCUT2D eigenvalue weighted by atomic mass is 10.00. The van der Waals surface area contributed by atoms with Crippen LogP contribution in [0.3, 0.4) is 0 Å². The normalized spacial score (nSPS) is 11.8. The number of fused-ring (bicyclic) bond motifs is 10. The monoisotopic (exact) mass is 738 g/mol. The Morgan fingerprint density at radius 2 is 0.810 bits per heavy atom. The average Bonchev–Trinajstić information content (AvgIpc) is 3.83. The molecule has 12 rings (SSSR count). The van der Waals surface area contributed by atoms with E-state index in [-0.39, 0.29) is 0 Å². The molecule has 0 fully saturated rings. The maximum atomic E-state index is 5.35. The third-order valence-electron chi connectivity index (χ3n) is 11.7. The fourth-order valence-electron chi connectivity index (χ4n) is 9.08. The van der Waals surface area contributed by atoms with Crippen LogP contribution in [0.1, 0.15) is 0 Å². The molecule has 0 saturated heterocycles. The van der Waals surface area contributed by atoms with Gasteiger partial charge < -0.3 is 9.13 Å². The third-order valence-corrected chi connectivity index (χ3v) is 11.7. The van der Waals surface area contributed by atoms with Gasteiger partial charge in [0.25, 0.3) is 0 Å². The van der Waals surface area contributed by atoms with Crippen LogP contribution in [-0.2, 0) is 0 Å². The van der Waals surface area contributed by atoms with E-state index in [2.05, 4.69) is 209 Å². The second-order valence-electron chi connectivity index (χ2n) is 15.0. The van der Waals surface area contributed by atoms with Gasteiger partial charge in [0, 0.05) is 49.6 Å². The summed E-state index contributed by atoms with van der Waals surface area (Å²) in [7, 11) is 0. The minimum absolute atomic E-state index is 0.682. The maximum absolute atomic E-state index is 5.35. The van der Waals surface area contributed by atoms with Crippen molar-refractivity contribution in [3.05, 3.63) is 206 Å². The van der Waals surface area contributed by atoms with E-state index >= 15 is 0 Å². The smallest absolute Gasteiger partial charge is 0.160 e. The third kappa shape index (κ3) is 5.02. The highest BCUT2D eigenvalue weighted by molar-refractivity contribution is 6.28. The van der Waals surface area contributed by atoms with Crippen LogP contribution in [0.5, 0.6) is 0 Å². The van der Waals surface area contributed by atoms with E-state index in [0.29, 0.717) is 5.82 Å². The fraction of sp³-hybridized carbons (Fsp3) is 0. The summed E-state index contributed by atoms with van der Waals surface area (Å²) in [5.41, 5.74) is 11.7. The molecule has 0 saturated carbocycles. The van der Waals surface area contributed by atoms with Crippen molar-refractivity contribution < 1.29 is 0 Å². The SMILES string of the molecule is c1ccc(-c2cc(-c3ccc4c(c3)c3ccccc3n4-c3ccccc3)nc(-c3cccc(-n4c5ccc6ccccc6c5c5c6ccccc6ccc54)c3)n2)cc1. The molecular formula is C54H34N4. The second kappa shape index (κ2) is 12.9. The molecule has 3 heterocycles. The molecule has 58 heavy (non-hydrogen) atoms. The molecule has 0 aliphatic heterocycles. The lowest BCUT2D eigenvalue weighted by molar-refractivity contribution is 1.16. The Morgan fingerprint density at radius 3 is 1.52 bits per heavy atom. The predicted octanol–water partition coefficient (Wildman–Crippen LogP) is 14.0. The van der Waals surface area contributed by atoms with E-state index in [1.54, 1.807) is 0 Å². The Bertz CT molecular complexity index is 3470. The molecule has 12 aromatic rings. The zero-order chi connectivity index (χ0) is 38.2. The molecular weight excluding hydrogens is 705 g/mol. The largest absolute Gasteiger partial charge is 0.309 e. The molecule has 0 bridgehead atoms. The summed E-state index contributed by atoms with van der Waals surface area (Å²) in [5.74, 6) is 0.682. The van der Waals surface area contributed by atoms with Crippen molar-refractivity contribution in [1.82, 2.24) is 19.1 Å². The van der Waals surface area contributed by atoms with Gasteiger partial charge in [-0.25, -0.2) is 9.97 Å². The maximum Gasteiger partial charge on any atom is 0.160 e. The molecule has 0 spiro atoms. The molecule has 0 unspecified atom stereocenters. The highest BCUT2D eigenvalue weighted by Gasteiger charge is 2.19. The Kier molecular flexibility index (Phi) is 7.20. The number of hydrogen-bond donors (Lipinski definition) is 0. The standard InChI is InChI=1S/C54H34N4/c1-3-16-37(17-4-1)46-34-47(38-28-29-49-45(33-38)44-24-11-12-25-48(44)57(49)40-19-5-2-6-20-40)56-54(55-46)39-18-13-21-41(32-39)58-50-30-26-35-14-7-9-22-42(35)52(50)53-43-23-10-8-15-36(43)27-31-51(53)58/h1-34H. The van der Waals surface area contributed by atoms with E-state index in [1.807, 2.05) is 6.07 Å². The van der Waals surface area contributed by atoms with Gasteiger partial charge in [0.2, 0.25) is 0 Å². The van der Waals surface area contributed by atoms with E-state index in [9.17, 15) is 0 Å². The lowest BCUT2D eigenvalue weighted by Crippen LogP contribution is -1.98. The van der Waals surface area contributed by atoms with Gasteiger partial charge in [-0.15, -0.1) is 0 Å². The van der Waals surface area contributed by atoms with Crippen molar-refractivity contribution in [1.29, 1.82) is 0 Å². The van der Waals surface area contributed by atoms with Crippen molar-refractivity contribution in [2.75, 3.05) is 0 Å². The Balaban J connectivity index is 1.07. The van der Waals surface area contributed by atoms with E-state index < -0.39 is 0 Å². The van der Waals surface area contributed by atoms with Crippen LogP contribution in [0.15, 0.2) is 206 Å². The van der Waals surface area contributed by atoms with Crippen LogP contribution in [0.4, 0.5) is 0 Å². The summed E-state index contributed by atoms with van der Waals surface area (Å²) in [5, 5.41) is 9.90. The van der Waals surface area contributed by atoms with E-state index in [0.717, 1.165) is 45.0 Å². The van der Waals surface area contributed by atoms with Gasteiger partial charge in [0.1, 0.15) is 0 Å². The van der Waals surface area contributed by atoms with Crippen molar-refractivity contribution in [3.63, 3.8) is 0 Å². The first-order valence-electron chi connectivity index (χ1n) is 19.7. The topological polar surface area (TPSA) is 35.6 Å². The molecule has 3 aromatic heterocycles. The van der Waals surface area contributed by atoms with Crippen LogP contribution in [0.2, 0.25) is 0 Å². The predicted molar refractivity (Wildman–Crippen MR) is 242 cm³/mol. The number of hydrogen-bond acceptors (Lipinski definition) is 2. The first-order valence-corrected chi connectivity index (χ1v) is 19.7. The van der Waals surface area contributed by atoms with Crippen molar-refractivity contribution in [2.45, 2.75) is 0 Å². The summed E-state index contributed by atoms with van der Waals surface area (Å²) in [6.45, 7) is 0. The number of para-hydroxylation sites is 2. The molecule has 0 atom stereocenters. The number of benzene rings is 9. The second-order valence-corrected chi connectivity index (χ2v) is 15.0. The summed E-state index contributed by atoms with van der Waals surface area (Å²) < 4.78 is 4.76. The molecule has 0 aliphatic carbocycles. The lowest BCUT2D eigenvalue weighted by Gasteiger charge is -2.13. The van der Waals surface area contributed by atoms with Crippen LogP contribution in [0.25, 0.3) is 110 Å². The van der Waals surface area contributed by atoms with Gasteiger partial charge in [0.15, 0.2) is 5.82 Å². The molecule has 4 nitrogen and oxygen atoms in total. The van der Waals surface area contributed by atoms with Crippen LogP contribution < -0.4 is 0 Å². The van der Waals surface area contributed by atoms with E-state index in [4.69, 9.17) is 9.97 Å². The molecule has 0 aliphatic rings. The highest BCUT2D eigenvalue weighted by atomic mass is 15.0. The van der Waals surface area contributed by atoms with Gasteiger partial charge in [-0.05, 0) is 82.2 Å². The Hall–Kier alpha value is -7.82. The first kappa shape index (κ1) is 32.4. The Labute approximate surface area is 334 Å². The summed E-state index contributed by atoms with van der Waals surface area (Å²) in [4.78, 5) is 10.6. The molecule has 9 aromatic carbocycles. The summed E-state index contributed by atoms with van der Waals surface area (Å²) in [6, 6.07) is 73.7. The molecule has 4 heteroatoms.